The Morgan fingerprint density at radius 1 is 1.24 bits per heavy atom. The van der Waals surface area contributed by atoms with E-state index < -0.39 is 0 Å². The normalized spacial score (nSPS) is 11.3. The van der Waals surface area contributed by atoms with Gasteiger partial charge in [0.25, 0.3) is 0 Å². The van der Waals surface area contributed by atoms with Gasteiger partial charge in [-0.25, -0.2) is 4.98 Å². The summed E-state index contributed by atoms with van der Waals surface area (Å²) in [5, 5.41) is 10.0. The predicted octanol–water partition coefficient (Wildman–Crippen LogP) is 4.13. The fourth-order valence-electron chi connectivity index (χ4n) is 2.59. The molecule has 0 spiro atoms. The van der Waals surface area contributed by atoms with E-state index in [1.54, 1.807) is 25.5 Å². The lowest BCUT2D eigenvalue weighted by Crippen LogP contribution is -2.38. The molecule has 162 valence electrons. The third-order valence-electron chi connectivity index (χ3n) is 4.17. The lowest BCUT2D eigenvalue weighted by Gasteiger charge is -2.15. The molecule has 29 heavy (non-hydrogen) atoms. The van der Waals surface area contributed by atoms with Gasteiger partial charge < -0.3 is 20.1 Å². The van der Waals surface area contributed by atoms with Crippen LogP contribution in [-0.4, -0.2) is 44.9 Å². The van der Waals surface area contributed by atoms with Gasteiger partial charge in [0, 0.05) is 50.5 Å². The van der Waals surface area contributed by atoms with E-state index in [1.165, 1.54) is 10.6 Å². The molecular weight excluding hydrogens is 499 g/mol. The number of aromatic nitrogens is 1. The van der Waals surface area contributed by atoms with Crippen molar-refractivity contribution in [2.75, 3.05) is 33.9 Å². The second-order valence-corrected chi connectivity index (χ2v) is 7.78. The molecule has 0 aliphatic carbocycles. The number of aliphatic imine (C=N–C) groups is 1. The molecule has 0 bridgehead atoms. The number of hydrogen-bond donors (Lipinski definition) is 2. The fraction of sp³-hybridized carbons (Fsp3) is 0.524. The Labute approximate surface area is 195 Å². The van der Waals surface area contributed by atoms with Gasteiger partial charge in [-0.05, 0) is 18.6 Å². The molecule has 0 aliphatic heterocycles. The van der Waals surface area contributed by atoms with Crippen LogP contribution in [0.3, 0.4) is 0 Å². The Bertz CT molecular complexity index is 765. The minimum atomic E-state index is 0. The highest BCUT2D eigenvalue weighted by atomic mass is 127. The summed E-state index contributed by atoms with van der Waals surface area (Å²) in [4.78, 5) is 8.98. The zero-order valence-corrected chi connectivity index (χ0v) is 21.1. The molecule has 0 unspecified atom stereocenters. The average Bonchev–Trinajstić information content (AvgIpc) is 3.15. The van der Waals surface area contributed by atoms with E-state index in [0.717, 1.165) is 35.9 Å². The van der Waals surface area contributed by atoms with Crippen LogP contribution in [0, 0.1) is 6.92 Å². The number of thiazole rings is 1. The molecule has 0 atom stereocenters. The summed E-state index contributed by atoms with van der Waals surface area (Å²) in [6, 6.07) is 6.23. The van der Waals surface area contributed by atoms with Crippen LogP contribution < -0.4 is 15.4 Å². The maximum Gasteiger partial charge on any atom is 0.191 e. The number of nitrogens with zero attached hydrogens (tertiary/aromatic N) is 2. The highest BCUT2D eigenvalue weighted by Crippen LogP contribution is 2.20. The third-order valence-corrected chi connectivity index (χ3v) is 5.37. The van der Waals surface area contributed by atoms with Crippen molar-refractivity contribution in [1.82, 2.24) is 15.6 Å². The number of guanidine groups is 1. The lowest BCUT2D eigenvalue weighted by molar-refractivity contribution is 0.145. The minimum absolute atomic E-state index is 0. The molecule has 0 fully saturated rings. The number of nitrogens with one attached hydrogen (secondary N) is 2. The number of methoxy groups -OCH3 is 1. The maximum atomic E-state index is 5.85. The number of benzene rings is 1. The van der Waals surface area contributed by atoms with Crippen molar-refractivity contribution >= 4 is 41.3 Å². The summed E-state index contributed by atoms with van der Waals surface area (Å²) in [6.07, 6.45) is 0.875. The molecule has 0 saturated heterocycles. The standard InChI is InChI=1S/C21H32N4O2S.HI/c1-15(2)20-25-18(14-28-20)8-9-23-21(22-4)24-13-17-7-6-16(3)12-19(17)27-11-10-26-5;/h6-7,12,14-15H,8-11,13H2,1-5H3,(H2,22,23,24);1H. The monoisotopic (exact) mass is 532 g/mol. The Morgan fingerprint density at radius 3 is 2.69 bits per heavy atom. The van der Waals surface area contributed by atoms with Crippen molar-refractivity contribution in [2.45, 2.75) is 39.7 Å². The SMILES string of the molecule is CN=C(NCCc1csc(C(C)C)n1)NCc1ccc(C)cc1OCCOC.I. The minimum Gasteiger partial charge on any atom is -0.491 e. The molecule has 0 amide bonds. The lowest BCUT2D eigenvalue weighted by atomic mass is 10.1. The van der Waals surface area contributed by atoms with E-state index >= 15 is 0 Å². The number of aryl methyl sites for hydroxylation is 1. The van der Waals surface area contributed by atoms with Gasteiger partial charge in [-0.2, -0.15) is 0 Å². The second kappa shape index (κ2) is 13.8. The Balaban J connectivity index is 0.00000420. The molecule has 0 radical (unpaired) electrons. The maximum absolute atomic E-state index is 5.85. The average molecular weight is 532 g/mol. The first-order valence-corrected chi connectivity index (χ1v) is 10.5. The molecule has 1 aromatic carbocycles. The molecule has 2 aromatic rings. The molecular formula is C21H33IN4O2S. The van der Waals surface area contributed by atoms with Crippen LogP contribution in [0.2, 0.25) is 0 Å². The van der Waals surface area contributed by atoms with Crippen LogP contribution in [-0.2, 0) is 17.7 Å². The summed E-state index contributed by atoms with van der Waals surface area (Å²) in [5.41, 5.74) is 3.39. The molecule has 0 aliphatic rings. The summed E-state index contributed by atoms with van der Waals surface area (Å²) in [7, 11) is 3.45. The quantitative estimate of drug-likeness (QED) is 0.209. The van der Waals surface area contributed by atoms with Crippen molar-refractivity contribution in [1.29, 1.82) is 0 Å². The zero-order chi connectivity index (χ0) is 20.4. The highest BCUT2D eigenvalue weighted by molar-refractivity contribution is 14.0. The molecule has 1 heterocycles. The van der Waals surface area contributed by atoms with Crippen molar-refractivity contribution in [3.63, 3.8) is 0 Å². The molecule has 0 saturated carbocycles. The topological polar surface area (TPSA) is 67.8 Å². The van der Waals surface area contributed by atoms with Crippen LogP contribution in [0.5, 0.6) is 5.75 Å². The first kappa shape index (κ1) is 25.6. The van der Waals surface area contributed by atoms with Gasteiger partial charge in [0.1, 0.15) is 12.4 Å². The summed E-state index contributed by atoms with van der Waals surface area (Å²) < 4.78 is 10.9. The summed E-state index contributed by atoms with van der Waals surface area (Å²) in [6.45, 7) is 8.92. The Hall–Kier alpha value is -1.39. The van der Waals surface area contributed by atoms with Crippen molar-refractivity contribution in [2.24, 2.45) is 4.99 Å². The third kappa shape index (κ3) is 8.88. The molecule has 1 aromatic heterocycles. The van der Waals surface area contributed by atoms with Gasteiger partial charge in [-0.1, -0.05) is 26.0 Å². The van der Waals surface area contributed by atoms with Crippen LogP contribution >= 0.6 is 35.3 Å². The molecule has 2 N–H and O–H groups in total. The Morgan fingerprint density at radius 2 is 2.03 bits per heavy atom. The van der Waals surface area contributed by atoms with E-state index in [9.17, 15) is 0 Å². The van der Waals surface area contributed by atoms with Crippen LogP contribution in [0.4, 0.5) is 0 Å². The van der Waals surface area contributed by atoms with Crippen molar-refractivity contribution < 1.29 is 9.47 Å². The number of halogens is 1. The van der Waals surface area contributed by atoms with E-state index in [2.05, 4.69) is 65.0 Å². The molecule has 8 heteroatoms. The van der Waals surface area contributed by atoms with Crippen LogP contribution in [0.15, 0.2) is 28.6 Å². The summed E-state index contributed by atoms with van der Waals surface area (Å²) >= 11 is 1.73. The van der Waals surface area contributed by atoms with Gasteiger partial charge in [-0.3, -0.25) is 4.99 Å². The number of rotatable bonds is 10. The predicted molar refractivity (Wildman–Crippen MR) is 132 cm³/mol. The largest absolute Gasteiger partial charge is 0.491 e. The van der Waals surface area contributed by atoms with E-state index in [1.807, 2.05) is 0 Å². The van der Waals surface area contributed by atoms with E-state index in [0.29, 0.717) is 25.7 Å². The first-order valence-electron chi connectivity index (χ1n) is 9.63. The number of ether oxygens (including phenoxy) is 2. The van der Waals surface area contributed by atoms with Gasteiger partial charge in [0.15, 0.2) is 5.96 Å². The van der Waals surface area contributed by atoms with Gasteiger partial charge >= 0.3 is 0 Å². The molecule has 6 nitrogen and oxygen atoms in total. The van der Waals surface area contributed by atoms with Crippen LogP contribution in [0.25, 0.3) is 0 Å². The smallest absolute Gasteiger partial charge is 0.191 e. The fourth-order valence-corrected chi connectivity index (χ4v) is 3.46. The van der Waals surface area contributed by atoms with Gasteiger partial charge in [0.05, 0.1) is 17.3 Å². The Kier molecular flexibility index (Phi) is 12.2. The van der Waals surface area contributed by atoms with E-state index in [-0.39, 0.29) is 24.0 Å². The van der Waals surface area contributed by atoms with E-state index in [4.69, 9.17) is 9.47 Å². The highest BCUT2D eigenvalue weighted by Gasteiger charge is 2.08. The van der Waals surface area contributed by atoms with Crippen molar-refractivity contribution in [3.05, 3.63) is 45.4 Å². The van der Waals surface area contributed by atoms with Gasteiger partial charge in [-0.15, -0.1) is 35.3 Å². The second-order valence-electron chi connectivity index (χ2n) is 6.89. The number of hydrogen-bond acceptors (Lipinski definition) is 5. The molecule has 2 rings (SSSR count). The summed E-state index contributed by atoms with van der Waals surface area (Å²) in [5.74, 6) is 2.13. The van der Waals surface area contributed by atoms with Gasteiger partial charge in [0.2, 0.25) is 0 Å². The van der Waals surface area contributed by atoms with Crippen LogP contribution in [0.1, 0.15) is 41.6 Å². The van der Waals surface area contributed by atoms with Crippen molar-refractivity contribution in [3.8, 4) is 5.75 Å². The first-order chi connectivity index (χ1) is 13.5. The zero-order valence-electron chi connectivity index (χ0n) is 17.9.